The van der Waals surface area contributed by atoms with E-state index in [1.54, 1.807) is 41.3 Å². The fraction of sp³-hybridized carbons (Fsp3) is 0.357. The van der Waals surface area contributed by atoms with Gasteiger partial charge in [-0.1, -0.05) is 24.8 Å². The van der Waals surface area contributed by atoms with Crippen LogP contribution in [0.15, 0.2) is 60.7 Å². The number of carbonyl (C=O) groups is 2. The number of amides is 1. The lowest BCUT2D eigenvalue weighted by Gasteiger charge is -2.29. The number of Topliss-reactive ketones (excluding diaryl/α,β-unsaturated/α-hetero) is 1. The first-order valence-electron chi connectivity index (χ1n) is 12.4. The van der Waals surface area contributed by atoms with Crippen LogP contribution >= 0.6 is 0 Å². The highest BCUT2D eigenvalue weighted by atomic mass is 16.7. The topological polar surface area (TPSA) is 97.8 Å². The highest BCUT2D eigenvalue weighted by Gasteiger charge is 2.46. The number of benzene rings is 2. The van der Waals surface area contributed by atoms with Gasteiger partial charge < -0.3 is 29.0 Å². The number of ether oxygens (including phenoxy) is 4. The summed E-state index contributed by atoms with van der Waals surface area (Å²) in [6.07, 6.45) is 2.34. The molecule has 5 rings (SSSR count). The Kier molecular flexibility index (Phi) is 7.43. The van der Waals surface area contributed by atoms with Gasteiger partial charge in [-0.2, -0.15) is 0 Å². The lowest BCUT2D eigenvalue weighted by molar-refractivity contribution is -0.140. The summed E-state index contributed by atoms with van der Waals surface area (Å²) >= 11 is 0. The van der Waals surface area contributed by atoms with Crippen LogP contribution in [-0.4, -0.2) is 79.4 Å². The van der Waals surface area contributed by atoms with Gasteiger partial charge in [-0.25, -0.2) is 0 Å². The van der Waals surface area contributed by atoms with Gasteiger partial charge in [0, 0.05) is 31.7 Å². The zero-order valence-electron chi connectivity index (χ0n) is 20.6. The molecule has 2 aromatic rings. The molecule has 1 amide bonds. The smallest absolute Gasteiger partial charge is 0.295 e. The maximum absolute atomic E-state index is 13.3. The van der Waals surface area contributed by atoms with Gasteiger partial charge in [0.1, 0.15) is 18.1 Å². The number of carbonyl (C=O) groups excluding carboxylic acids is 2. The maximum Gasteiger partial charge on any atom is 0.295 e. The highest BCUT2D eigenvalue weighted by Crippen LogP contribution is 2.41. The lowest BCUT2D eigenvalue weighted by Crippen LogP contribution is -2.38. The molecule has 3 heterocycles. The van der Waals surface area contributed by atoms with Gasteiger partial charge in [-0.15, -0.1) is 0 Å². The normalized spacial score (nSPS) is 20.9. The number of hydrogen-bond donors (Lipinski definition) is 1. The van der Waals surface area contributed by atoms with Crippen LogP contribution < -0.4 is 14.2 Å². The second kappa shape index (κ2) is 11.1. The summed E-state index contributed by atoms with van der Waals surface area (Å²) in [6, 6.07) is 11.4. The van der Waals surface area contributed by atoms with E-state index in [-0.39, 0.29) is 18.1 Å². The van der Waals surface area contributed by atoms with Crippen LogP contribution in [0.3, 0.4) is 0 Å². The van der Waals surface area contributed by atoms with Crippen molar-refractivity contribution in [3.63, 3.8) is 0 Å². The fourth-order valence-electron chi connectivity index (χ4n) is 4.85. The third-order valence-corrected chi connectivity index (χ3v) is 6.73. The summed E-state index contributed by atoms with van der Waals surface area (Å²) < 4.78 is 21.8. The van der Waals surface area contributed by atoms with E-state index < -0.39 is 17.7 Å². The third kappa shape index (κ3) is 5.19. The van der Waals surface area contributed by atoms with E-state index in [0.29, 0.717) is 61.2 Å². The van der Waals surface area contributed by atoms with Gasteiger partial charge in [-0.3, -0.25) is 14.5 Å². The van der Waals surface area contributed by atoms with Crippen LogP contribution in [0.25, 0.3) is 5.76 Å². The third-order valence-electron chi connectivity index (χ3n) is 6.73. The number of nitrogens with zero attached hydrogens (tertiary/aromatic N) is 2. The van der Waals surface area contributed by atoms with Crippen molar-refractivity contribution in [1.29, 1.82) is 0 Å². The number of ketones is 1. The zero-order valence-corrected chi connectivity index (χ0v) is 20.6. The predicted molar refractivity (Wildman–Crippen MR) is 136 cm³/mol. The van der Waals surface area contributed by atoms with Gasteiger partial charge >= 0.3 is 0 Å². The molecule has 0 bridgehead atoms. The van der Waals surface area contributed by atoms with Crippen LogP contribution in [-0.2, 0) is 14.3 Å². The SMILES string of the molecule is C=CCOc1ccc(C2C(=C(O)c3ccc4c(c3)OCO4)C(=O)C(=O)N2CCCN2CCOCC2)cc1. The number of hydrogen-bond acceptors (Lipinski definition) is 8. The Bertz CT molecular complexity index is 1200. The molecule has 9 heteroatoms. The average molecular weight is 507 g/mol. The van der Waals surface area contributed by atoms with Crippen molar-refractivity contribution in [2.24, 2.45) is 0 Å². The molecule has 1 unspecified atom stereocenters. The minimum atomic E-state index is -0.733. The second-order valence-corrected chi connectivity index (χ2v) is 9.04. The van der Waals surface area contributed by atoms with Crippen molar-refractivity contribution in [2.45, 2.75) is 12.5 Å². The molecule has 0 aromatic heterocycles. The molecule has 1 N–H and O–H groups in total. The minimum absolute atomic E-state index is 0.0509. The lowest BCUT2D eigenvalue weighted by atomic mass is 9.95. The first-order valence-corrected chi connectivity index (χ1v) is 12.4. The Hall–Kier alpha value is -3.82. The highest BCUT2D eigenvalue weighted by molar-refractivity contribution is 6.46. The van der Waals surface area contributed by atoms with Crippen molar-refractivity contribution < 1.29 is 33.6 Å². The van der Waals surface area contributed by atoms with Crippen molar-refractivity contribution in [1.82, 2.24) is 9.80 Å². The number of aliphatic hydroxyl groups excluding tert-OH is 1. The van der Waals surface area contributed by atoms with Gasteiger partial charge in [0.05, 0.1) is 24.8 Å². The van der Waals surface area contributed by atoms with Gasteiger partial charge in [-0.05, 0) is 42.3 Å². The maximum atomic E-state index is 13.3. The van der Waals surface area contributed by atoms with Crippen molar-refractivity contribution in [3.05, 3.63) is 71.8 Å². The molecular formula is C28H30N2O7. The molecule has 1 atom stereocenters. The van der Waals surface area contributed by atoms with E-state index in [2.05, 4.69) is 11.5 Å². The molecule has 2 fully saturated rings. The quantitative estimate of drug-likeness (QED) is 0.240. The Morgan fingerprint density at radius 1 is 1.05 bits per heavy atom. The summed E-state index contributed by atoms with van der Waals surface area (Å²) in [4.78, 5) is 30.4. The fourth-order valence-corrected chi connectivity index (χ4v) is 4.85. The summed E-state index contributed by atoms with van der Waals surface area (Å²) in [5.41, 5.74) is 1.14. The Morgan fingerprint density at radius 3 is 2.57 bits per heavy atom. The van der Waals surface area contributed by atoms with Crippen LogP contribution in [0, 0.1) is 0 Å². The molecule has 0 spiro atoms. The predicted octanol–water partition coefficient (Wildman–Crippen LogP) is 3.12. The minimum Gasteiger partial charge on any atom is -0.507 e. The number of morpholine rings is 1. The van der Waals surface area contributed by atoms with Crippen LogP contribution in [0.5, 0.6) is 17.2 Å². The van der Waals surface area contributed by atoms with E-state index >= 15 is 0 Å². The molecule has 2 saturated heterocycles. The molecule has 2 aromatic carbocycles. The van der Waals surface area contributed by atoms with E-state index in [1.165, 1.54) is 0 Å². The van der Waals surface area contributed by atoms with Crippen molar-refractivity contribution in [2.75, 3.05) is 52.8 Å². The van der Waals surface area contributed by atoms with Gasteiger partial charge in [0.15, 0.2) is 11.5 Å². The van der Waals surface area contributed by atoms with E-state index in [0.717, 1.165) is 19.6 Å². The Morgan fingerprint density at radius 2 is 1.81 bits per heavy atom. The monoisotopic (exact) mass is 506 g/mol. The standard InChI is InChI=1S/C28H30N2O7/c1-2-14-35-21-7-4-19(5-8-21)25-24(26(31)20-6-9-22-23(17-20)37-18-36-22)27(32)28(33)30(25)11-3-10-29-12-15-34-16-13-29/h2,4-9,17,25,31H,1,3,10-16,18H2. The molecule has 9 nitrogen and oxygen atoms in total. The Labute approximate surface area is 215 Å². The molecule has 0 aliphatic carbocycles. The molecule has 0 radical (unpaired) electrons. The number of rotatable bonds is 9. The molecule has 194 valence electrons. The number of aliphatic hydroxyl groups is 1. The largest absolute Gasteiger partial charge is 0.507 e. The molecule has 37 heavy (non-hydrogen) atoms. The molecular weight excluding hydrogens is 476 g/mol. The summed E-state index contributed by atoms with van der Waals surface area (Å²) in [5, 5.41) is 11.3. The molecule has 3 aliphatic heterocycles. The summed E-state index contributed by atoms with van der Waals surface area (Å²) in [5.74, 6) is 0.101. The first kappa shape index (κ1) is 24.9. The van der Waals surface area contributed by atoms with Crippen LogP contribution in [0.4, 0.5) is 0 Å². The second-order valence-electron chi connectivity index (χ2n) is 9.04. The zero-order chi connectivity index (χ0) is 25.8. The first-order chi connectivity index (χ1) is 18.1. The van der Waals surface area contributed by atoms with Crippen LogP contribution in [0.1, 0.15) is 23.6 Å². The number of likely N-dealkylation sites (tertiary alicyclic amines) is 1. The van der Waals surface area contributed by atoms with Crippen molar-refractivity contribution in [3.8, 4) is 17.2 Å². The van der Waals surface area contributed by atoms with E-state index in [1.807, 2.05) is 12.1 Å². The van der Waals surface area contributed by atoms with Crippen LogP contribution in [0.2, 0.25) is 0 Å². The van der Waals surface area contributed by atoms with E-state index in [9.17, 15) is 14.7 Å². The van der Waals surface area contributed by atoms with Gasteiger partial charge in [0.2, 0.25) is 6.79 Å². The van der Waals surface area contributed by atoms with E-state index in [4.69, 9.17) is 18.9 Å². The van der Waals surface area contributed by atoms with Crippen molar-refractivity contribution >= 4 is 17.4 Å². The average Bonchev–Trinajstić information content (AvgIpc) is 3.50. The van der Waals surface area contributed by atoms with Gasteiger partial charge in [0.25, 0.3) is 11.7 Å². The molecule has 0 saturated carbocycles. The molecule has 3 aliphatic rings. The summed E-state index contributed by atoms with van der Waals surface area (Å²) in [7, 11) is 0. The summed E-state index contributed by atoms with van der Waals surface area (Å²) in [6.45, 7) is 8.36. The number of fused-ring (bicyclic) bond motifs is 1. The Balaban J connectivity index is 1.47.